The third kappa shape index (κ3) is 52.2. The first-order chi connectivity index (χ1) is 32.0. The SMILES string of the molecule is CC/C=C\C/C=C\C/C=C\C/C=C\CCCCCCCCCCCCCCC(=O)OCC(COC(=O)CCCCCCCCCCC)OC(=O)CCCCCCCCCCCCCCC. The highest BCUT2D eigenvalue weighted by molar-refractivity contribution is 5.71. The maximum absolute atomic E-state index is 12.8. The number of ether oxygens (including phenoxy) is 3. The Morgan fingerprint density at radius 1 is 0.323 bits per heavy atom. The molecule has 378 valence electrons. The van der Waals surface area contributed by atoms with Crippen LogP contribution in [0.3, 0.4) is 0 Å². The molecule has 0 aliphatic rings. The third-order valence-electron chi connectivity index (χ3n) is 12.3. The van der Waals surface area contributed by atoms with Crippen molar-refractivity contribution in [2.24, 2.45) is 0 Å². The molecule has 0 saturated carbocycles. The van der Waals surface area contributed by atoms with Crippen LogP contribution in [0.25, 0.3) is 0 Å². The highest BCUT2D eigenvalue weighted by Crippen LogP contribution is 2.16. The highest BCUT2D eigenvalue weighted by atomic mass is 16.6. The number of allylic oxidation sites excluding steroid dienone is 8. The van der Waals surface area contributed by atoms with Crippen molar-refractivity contribution in [3.05, 3.63) is 48.6 Å². The van der Waals surface area contributed by atoms with Crippen molar-refractivity contribution in [3.63, 3.8) is 0 Å². The molecule has 0 saturated heterocycles. The molecule has 0 spiro atoms. The molecule has 0 rings (SSSR count). The molecule has 0 aromatic rings. The fraction of sp³-hybridized carbons (Fsp3) is 0.814. The van der Waals surface area contributed by atoms with E-state index in [0.717, 1.165) is 83.5 Å². The Hall–Kier alpha value is -2.63. The van der Waals surface area contributed by atoms with Gasteiger partial charge in [-0.05, 0) is 57.8 Å². The van der Waals surface area contributed by atoms with E-state index in [-0.39, 0.29) is 31.1 Å². The van der Waals surface area contributed by atoms with Crippen molar-refractivity contribution in [1.29, 1.82) is 0 Å². The van der Waals surface area contributed by atoms with Crippen LogP contribution in [0.4, 0.5) is 0 Å². The van der Waals surface area contributed by atoms with Crippen molar-refractivity contribution in [2.45, 2.75) is 297 Å². The number of rotatable bonds is 51. The van der Waals surface area contributed by atoms with Gasteiger partial charge in [0.1, 0.15) is 13.2 Å². The fourth-order valence-corrected chi connectivity index (χ4v) is 8.14. The molecular weight excluding hydrogens is 805 g/mol. The quantitative estimate of drug-likeness (QED) is 0.0262. The van der Waals surface area contributed by atoms with E-state index in [1.807, 2.05) is 0 Å². The predicted molar refractivity (Wildman–Crippen MR) is 279 cm³/mol. The molecular formula is C59H106O6. The van der Waals surface area contributed by atoms with Crippen LogP contribution in [-0.2, 0) is 28.6 Å². The van der Waals surface area contributed by atoms with Crippen LogP contribution in [0.1, 0.15) is 290 Å². The zero-order valence-corrected chi connectivity index (χ0v) is 43.3. The minimum atomic E-state index is -0.767. The van der Waals surface area contributed by atoms with Gasteiger partial charge in [-0.25, -0.2) is 0 Å². The largest absolute Gasteiger partial charge is 0.462 e. The van der Waals surface area contributed by atoms with Gasteiger partial charge in [0, 0.05) is 19.3 Å². The monoisotopic (exact) mass is 911 g/mol. The molecule has 1 unspecified atom stereocenters. The first-order valence-electron chi connectivity index (χ1n) is 28.1. The maximum Gasteiger partial charge on any atom is 0.306 e. The fourth-order valence-electron chi connectivity index (χ4n) is 8.14. The van der Waals surface area contributed by atoms with Crippen molar-refractivity contribution in [1.82, 2.24) is 0 Å². The Labute approximate surface area is 403 Å². The lowest BCUT2D eigenvalue weighted by Gasteiger charge is -2.18. The molecule has 0 aromatic carbocycles. The van der Waals surface area contributed by atoms with Crippen LogP contribution in [0, 0.1) is 0 Å². The van der Waals surface area contributed by atoms with Crippen LogP contribution < -0.4 is 0 Å². The van der Waals surface area contributed by atoms with Gasteiger partial charge in [0.15, 0.2) is 6.10 Å². The van der Waals surface area contributed by atoms with Gasteiger partial charge in [-0.15, -0.1) is 0 Å². The second-order valence-electron chi connectivity index (χ2n) is 18.8. The van der Waals surface area contributed by atoms with Crippen molar-refractivity contribution < 1.29 is 28.6 Å². The minimum Gasteiger partial charge on any atom is -0.462 e. The molecule has 0 radical (unpaired) electrons. The lowest BCUT2D eigenvalue weighted by Crippen LogP contribution is -2.30. The van der Waals surface area contributed by atoms with E-state index in [2.05, 4.69) is 69.4 Å². The molecule has 0 aromatic heterocycles. The van der Waals surface area contributed by atoms with Crippen LogP contribution >= 0.6 is 0 Å². The van der Waals surface area contributed by atoms with E-state index in [0.29, 0.717) is 19.3 Å². The molecule has 0 bridgehead atoms. The molecule has 6 nitrogen and oxygen atoms in total. The standard InChI is InChI=1S/C59H106O6/c1-4-7-10-13-16-19-21-23-24-25-26-27-28-29-30-31-32-33-34-36-37-40-43-46-49-52-58(61)64-55-56(54-63-57(60)51-48-45-42-39-18-15-12-9-6-3)65-59(62)53-50-47-44-41-38-35-22-20-17-14-11-8-5-2/h7,10,16,19,23-24,26-27,56H,4-6,8-9,11-15,17-18,20-22,25,28-55H2,1-3H3/b10-7-,19-16-,24-23-,27-26-. The zero-order valence-electron chi connectivity index (χ0n) is 43.3. The van der Waals surface area contributed by atoms with E-state index >= 15 is 0 Å². The summed E-state index contributed by atoms with van der Waals surface area (Å²) >= 11 is 0. The average Bonchev–Trinajstić information content (AvgIpc) is 3.30. The number of carbonyl (C=O) groups excluding carboxylic acids is 3. The lowest BCUT2D eigenvalue weighted by molar-refractivity contribution is -0.167. The summed E-state index contributed by atoms with van der Waals surface area (Å²) in [5, 5.41) is 0. The van der Waals surface area contributed by atoms with Gasteiger partial charge in [0.05, 0.1) is 0 Å². The molecule has 0 aliphatic heterocycles. The second-order valence-corrected chi connectivity index (χ2v) is 18.8. The minimum absolute atomic E-state index is 0.0689. The molecule has 0 N–H and O–H groups in total. The van der Waals surface area contributed by atoms with Crippen molar-refractivity contribution in [3.8, 4) is 0 Å². The van der Waals surface area contributed by atoms with Gasteiger partial charge >= 0.3 is 17.9 Å². The van der Waals surface area contributed by atoms with Crippen LogP contribution in [-0.4, -0.2) is 37.2 Å². The molecule has 0 heterocycles. The summed E-state index contributed by atoms with van der Waals surface area (Å²) in [6.45, 7) is 6.53. The summed E-state index contributed by atoms with van der Waals surface area (Å²) < 4.78 is 16.8. The van der Waals surface area contributed by atoms with E-state index in [1.54, 1.807) is 0 Å². The molecule has 1 atom stereocenters. The van der Waals surface area contributed by atoms with E-state index in [4.69, 9.17) is 14.2 Å². The smallest absolute Gasteiger partial charge is 0.306 e. The van der Waals surface area contributed by atoms with Gasteiger partial charge in [0.2, 0.25) is 0 Å². The van der Waals surface area contributed by atoms with Gasteiger partial charge < -0.3 is 14.2 Å². The van der Waals surface area contributed by atoms with E-state index in [1.165, 1.54) is 167 Å². The van der Waals surface area contributed by atoms with Gasteiger partial charge in [-0.1, -0.05) is 262 Å². The normalized spacial score (nSPS) is 12.4. The summed E-state index contributed by atoms with van der Waals surface area (Å²) in [7, 11) is 0. The van der Waals surface area contributed by atoms with Crippen molar-refractivity contribution >= 4 is 17.9 Å². The molecule has 65 heavy (non-hydrogen) atoms. The topological polar surface area (TPSA) is 78.9 Å². The van der Waals surface area contributed by atoms with Gasteiger partial charge in [-0.2, -0.15) is 0 Å². The number of hydrogen-bond acceptors (Lipinski definition) is 6. The highest BCUT2D eigenvalue weighted by Gasteiger charge is 2.19. The van der Waals surface area contributed by atoms with Gasteiger partial charge in [-0.3, -0.25) is 14.4 Å². The number of carbonyl (C=O) groups is 3. The van der Waals surface area contributed by atoms with E-state index in [9.17, 15) is 14.4 Å². The Morgan fingerprint density at radius 3 is 0.938 bits per heavy atom. The number of unbranched alkanes of at least 4 members (excludes halogenated alkanes) is 32. The lowest BCUT2D eigenvalue weighted by atomic mass is 10.0. The Morgan fingerprint density at radius 2 is 0.600 bits per heavy atom. The Bertz CT molecular complexity index is 1140. The number of esters is 3. The summed E-state index contributed by atoms with van der Waals surface area (Å²) in [4.78, 5) is 38.0. The maximum atomic E-state index is 12.8. The summed E-state index contributed by atoms with van der Waals surface area (Å²) in [6.07, 6.45) is 65.4. The first kappa shape index (κ1) is 62.4. The molecule has 0 amide bonds. The first-order valence-corrected chi connectivity index (χ1v) is 28.1. The zero-order chi connectivity index (χ0) is 47.2. The molecule has 0 aliphatic carbocycles. The number of hydrogen-bond donors (Lipinski definition) is 0. The third-order valence-corrected chi connectivity index (χ3v) is 12.3. The van der Waals surface area contributed by atoms with Crippen molar-refractivity contribution in [2.75, 3.05) is 13.2 Å². The average molecular weight is 911 g/mol. The summed E-state index contributed by atoms with van der Waals surface area (Å²) in [5.74, 6) is -0.861. The van der Waals surface area contributed by atoms with Crippen LogP contribution in [0.2, 0.25) is 0 Å². The Kier molecular flexibility index (Phi) is 51.8. The Balaban J connectivity index is 4.17. The van der Waals surface area contributed by atoms with Crippen LogP contribution in [0.5, 0.6) is 0 Å². The van der Waals surface area contributed by atoms with Crippen LogP contribution in [0.15, 0.2) is 48.6 Å². The van der Waals surface area contributed by atoms with Gasteiger partial charge in [0.25, 0.3) is 0 Å². The molecule has 6 heteroatoms. The van der Waals surface area contributed by atoms with E-state index < -0.39 is 6.10 Å². The summed E-state index contributed by atoms with van der Waals surface area (Å²) in [6, 6.07) is 0. The predicted octanol–water partition coefficient (Wildman–Crippen LogP) is 18.7. The summed E-state index contributed by atoms with van der Waals surface area (Å²) in [5.41, 5.74) is 0. The molecule has 0 fully saturated rings. The second kappa shape index (κ2) is 54.0.